The van der Waals surface area contributed by atoms with E-state index in [-0.39, 0.29) is 18.0 Å². The van der Waals surface area contributed by atoms with Gasteiger partial charge in [0.15, 0.2) is 5.13 Å². The SMILES string of the molecule is NC(=O)Cc1csc(NC(=O)c2cc(N3CCOCC3)ncn2)n1. The van der Waals surface area contributed by atoms with E-state index in [1.165, 1.54) is 17.7 Å². The van der Waals surface area contributed by atoms with Gasteiger partial charge in [-0.15, -0.1) is 11.3 Å². The number of carbonyl (C=O) groups is 2. The smallest absolute Gasteiger partial charge is 0.276 e. The Morgan fingerprint density at radius 3 is 2.88 bits per heavy atom. The third-order valence-electron chi connectivity index (χ3n) is 3.35. The summed E-state index contributed by atoms with van der Waals surface area (Å²) in [5.41, 5.74) is 5.90. The molecule has 9 nitrogen and oxygen atoms in total. The number of anilines is 2. The number of nitrogens with two attached hydrogens (primary N) is 1. The largest absolute Gasteiger partial charge is 0.378 e. The Kier molecular flexibility index (Phi) is 4.96. The van der Waals surface area contributed by atoms with E-state index in [0.29, 0.717) is 29.9 Å². The Balaban J connectivity index is 1.68. The molecular weight excluding hydrogens is 332 g/mol. The summed E-state index contributed by atoms with van der Waals surface area (Å²) in [4.78, 5) is 37.6. The Morgan fingerprint density at radius 1 is 1.33 bits per heavy atom. The van der Waals surface area contributed by atoms with Gasteiger partial charge in [0.2, 0.25) is 5.91 Å². The molecule has 3 heterocycles. The minimum atomic E-state index is -0.468. The van der Waals surface area contributed by atoms with Crippen LogP contribution in [0.3, 0.4) is 0 Å². The van der Waals surface area contributed by atoms with Gasteiger partial charge in [-0.2, -0.15) is 0 Å². The van der Waals surface area contributed by atoms with Crippen LogP contribution in [-0.4, -0.2) is 53.1 Å². The number of primary amides is 1. The lowest BCUT2D eigenvalue weighted by atomic mass is 10.3. The van der Waals surface area contributed by atoms with Crippen LogP contribution in [0.5, 0.6) is 0 Å². The number of carbonyl (C=O) groups excluding carboxylic acids is 2. The molecule has 0 aromatic carbocycles. The zero-order valence-corrected chi connectivity index (χ0v) is 13.6. The minimum Gasteiger partial charge on any atom is -0.378 e. The van der Waals surface area contributed by atoms with Gasteiger partial charge in [-0.1, -0.05) is 0 Å². The lowest BCUT2D eigenvalue weighted by Crippen LogP contribution is -2.37. The van der Waals surface area contributed by atoms with E-state index >= 15 is 0 Å². The molecule has 3 N–H and O–H groups in total. The quantitative estimate of drug-likeness (QED) is 0.782. The molecule has 0 bridgehead atoms. The zero-order chi connectivity index (χ0) is 16.9. The van der Waals surface area contributed by atoms with Gasteiger partial charge in [0.05, 0.1) is 25.3 Å². The molecule has 0 spiro atoms. The van der Waals surface area contributed by atoms with Gasteiger partial charge in [0.25, 0.3) is 5.91 Å². The molecule has 1 fully saturated rings. The molecule has 2 aromatic rings. The molecule has 1 aliphatic heterocycles. The summed E-state index contributed by atoms with van der Waals surface area (Å²) in [5, 5.41) is 4.74. The van der Waals surface area contributed by atoms with Crippen LogP contribution in [-0.2, 0) is 16.0 Å². The topological polar surface area (TPSA) is 123 Å². The summed E-state index contributed by atoms with van der Waals surface area (Å²) in [5.74, 6) is -0.164. The predicted octanol–water partition coefficient (Wildman–Crippen LogP) is 0.0498. The molecule has 10 heteroatoms. The highest BCUT2D eigenvalue weighted by Crippen LogP contribution is 2.18. The van der Waals surface area contributed by atoms with Crippen LogP contribution in [0.15, 0.2) is 17.8 Å². The molecule has 1 saturated heterocycles. The van der Waals surface area contributed by atoms with Gasteiger partial charge in [0, 0.05) is 24.5 Å². The molecule has 2 amide bonds. The van der Waals surface area contributed by atoms with Crippen molar-refractivity contribution in [2.75, 3.05) is 36.5 Å². The van der Waals surface area contributed by atoms with E-state index in [1.54, 1.807) is 11.4 Å². The second-order valence-corrected chi connectivity index (χ2v) is 5.96. The molecule has 3 rings (SSSR count). The number of amides is 2. The third kappa shape index (κ3) is 4.03. The summed E-state index contributed by atoms with van der Waals surface area (Å²) in [6.07, 6.45) is 1.40. The molecule has 0 unspecified atom stereocenters. The fraction of sp³-hybridized carbons (Fsp3) is 0.357. The number of morpholine rings is 1. The highest BCUT2D eigenvalue weighted by atomic mass is 32.1. The van der Waals surface area contributed by atoms with Crippen molar-refractivity contribution in [3.05, 3.63) is 29.2 Å². The van der Waals surface area contributed by atoms with E-state index in [0.717, 1.165) is 13.1 Å². The first-order chi connectivity index (χ1) is 11.6. The number of nitrogens with one attached hydrogen (secondary N) is 1. The lowest BCUT2D eigenvalue weighted by Gasteiger charge is -2.27. The fourth-order valence-electron chi connectivity index (χ4n) is 2.22. The Bertz CT molecular complexity index is 744. The number of ether oxygens (including phenoxy) is 1. The molecule has 0 aliphatic carbocycles. The van der Waals surface area contributed by atoms with E-state index in [1.807, 2.05) is 4.90 Å². The summed E-state index contributed by atoms with van der Waals surface area (Å²) < 4.78 is 5.30. The highest BCUT2D eigenvalue weighted by molar-refractivity contribution is 7.14. The number of aromatic nitrogens is 3. The van der Waals surface area contributed by atoms with E-state index < -0.39 is 5.91 Å². The highest BCUT2D eigenvalue weighted by Gasteiger charge is 2.16. The maximum absolute atomic E-state index is 12.3. The van der Waals surface area contributed by atoms with Crippen LogP contribution in [0, 0.1) is 0 Å². The first-order valence-corrected chi connectivity index (χ1v) is 8.18. The Morgan fingerprint density at radius 2 is 2.12 bits per heavy atom. The van der Waals surface area contributed by atoms with Crippen molar-refractivity contribution >= 4 is 34.1 Å². The number of hydrogen-bond acceptors (Lipinski definition) is 8. The molecule has 0 atom stereocenters. The van der Waals surface area contributed by atoms with E-state index in [9.17, 15) is 9.59 Å². The second-order valence-electron chi connectivity index (χ2n) is 5.10. The second kappa shape index (κ2) is 7.32. The molecule has 24 heavy (non-hydrogen) atoms. The van der Waals surface area contributed by atoms with Crippen molar-refractivity contribution in [2.45, 2.75) is 6.42 Å². The van der Waals surface area contributed by atoms with Gasteiger partial charge in [-0.25, -0.2) is 15.0 Å². The molecule has 0 radical (unpaired) electrons. The molecule has 2 aromatic heterocycles. The monoisotopic (exact) mass is 348 g/mol. The molecular formula is C14H16N6O3S. The fourth-order valence-corrected chi connectivity index (χ4v) is 2.93. The van der Waals surface area contributed by atoms with Crippen LogP contribution < -0.4 is 16.0 Å². The van der Waals surface area contributed by atoms with Crippen molar-refractivity contribution < 1.29 is 14.3 Å². The van der Waals surface area contributed by atoms with Crippen LogP contribution in [0.25, 0.3) is 0 Å². The standard InChI is InChI=1S/C14H16N6O3S/c15-11(21)5-9-7-24-14(18-9)19-13(22)10-6-12(17-8-16-10)20-1-3-23-4-2-20/h6-8H,1-5H2,(H2,15,21)(H,18,19,22). The van der Waals surface area contributed by atoms with Crippen molar-refractivity contribution in [3.63, 3.8) is 0 Å². The first-order valence-electron chi connectivity index (χ1n) is 7.30. The summed E-state index contributed by atoms with van der Waals surface area (Å²) >= 11 is 1.23. The van der Waals surface area contributed by atoms with Gasteiger partial charge < -0.3 is 15.4 Å². The summed E-state index contributed by atoms with van der Waals surface area (Å²) in [6, 6.07) is 1.64. The maximum atomic E-state index is 12.3. The van der Waals surface area contributed by atoms with E-state index in [2.05, 4.69) is 20.3 Å². The van der Waals surface area contributed by atoms with Crippen molar-refractivity contribution in [1.29, 1.82) is 0 Å². The molecule has 0 saturated carbocycles. The average Bonchev–Trinajstić information content (AvgIpc) is 3.02. The molecule has 126 valence electrons. The third-order valence-corrected chi connectivity index (χ3v) is 4.15. The average molecular weight is 348 g/mol. The van der Waals surface area contributed by atoms with Gasteiger partial charge in [-0.3, -0.25) is 14.9 Å². The van der Waals surface area contributed by atoms with Crippen LogP contribution in [0.2, 0.25) is 0 Å². The lowest BCUT2D eigenvalue weighted by molar-refractivity contribution is -0.117. The van der Waals surface area contributed by atoms with Gasteiger partial charge in [0.1, 0.15) is 17.8 Å². The van der Waals surface area contributed by atoms with Gasteiger partial charge in [-0.05, 0) is 0 Å². The number of hydrogen-bond donors (Lipinski definition) is 2. The van der Waals surface area contributed by atoms with Crippen LogP contribution in [0.4, 0.5) is 10.9 Å². The van der Waals surface area contributed by atoms with Crippen molar-refractivity contribution in [2.24, 2.45) is 5.73 Å². The minimum absolute atomic E-state index is 0.0427. The number of thiazole rings is 1. The van der Waals surface area contributed by atoms with Crippen LogP contribution >= 0.6 is 11.3 Å². The summed E-state index contributed by atoms with van der Waals surface area (Å²) in [6.45, 7) is 2.71. The normalized spacial score (nSPS) is 14.4. The maximum Gasteiger partial charge on any atom is 0.276 e. The number of nitrogens with zero attached hydrogens (tertiary/aromatic N) is 4. The Labute approximate surface area is 141 Å². The van der Waals surface area contributed by atoms with Gasteiger partial charge >= 0.3 is 0 Å². The zero-order valence-electron chi connectivity index (χ0n) is 12.8. The first kappa shape index (κ1) is 16.3. The summed E-state index contributed by atoms with van der Waals surface area (Å²) in [7, 11) is 0. The van der Waals surface area contributed by atoms with Crippen molar-refractivity contribution in [3.8, 4) is 0 Å². The molecule has 1 aliphatic rings. The predicted molar refractivity (Wildman–Crippen MR) is 88.0 cm³/mol. The van der Waals surface area contributed by atoms with Crippen LogP contribution in [0.1, 0.15) is 16.2 Å². The Hall–Kier alpha value is -2.59. The van der Waals surface area contributed by atoms with E-state index in [4.69, 9.17) is 10.5 Å². The van der Waals surface area contributed by atoms with Crippen molar-refractivity contribution in [1.82, 2.24) is 15.0 Å². The number of rotatable bonds is 5.